The Morgan fingerprint density at radius 2 is 2.30 bits per heavy atom. The lowest BCUT2D eigenvalue weighted by atomic mass is 10.1. The molecule has 0 unspecified atom stereocenters. The molecule has 0 aromatic carbocycles. The molecule has 0 bridgehead atoms. The van der Waals surface area contributed by atoms with Gasteiger partial charge in [0.1, 0.15) is 0 Å². The summed E-state index contributed by atoms with van der Waals surface area (Å²) in [5.41, 5.74) is 5.74. The summed E-state index contributed by atoms with van der Waals surface area (Å²) in [4.78, 5) is 2.20. The number of nitrogens with two attached hydrogens (primary N) is 1. The van der Waals surface area contributed by atoms with Crippen molar-refractivity contribution in [3.05, 3.63) is 0 Å². The molecule has 1 aliphatic heterocycles. The molecule has 0 spiro atoms. The summed E-state index contributed by atoms with van der Waals surface area (Å²) < 4.78 is 5.31. The summed E-state index contributed by atoms with van der Waals surface area (Å²) >= 11 is 0. The maximum absolute atomic E-state index is 5.90. The minimum absolute atomic E-state index is 0.161. The zero-order chi connectivity index (χ0) is 7.61. The molecule has 0 amide bonds. The molecule has 0 saturated carbocycles. The first-order chi connectivity index (χ1) is 4.60. The molecule has 10 heavy (non-hydrogen) atoms. The van der Waals surface area contributed by atoms with Crippen LogP contribution in [0.25, 0.3) is 0 Å². The molecular weight excluding hydrogens is 128 g/mol. The summed E-state index contributed by atoms with van der Waals surface area (Å²) in [5, 5.41) is 0. The predicted molar refractivity (Wildman–Crippen MR) is 40.9 cm³/mol. The van der Waals surface area contributed by atoms with Gasteiger partial charge in [0.25, 0.3) is 0 Å². The Morgan fingerprint density at radius 1 is 1.60 bits per heavy atom. The smallest absolute Gasteiger partial charge is 0.0656 e. The Bertz CT molecular complexity index is 114. The van der Waals surface area contributed by atoms with Crippen molar-refractivity contribution >= 4 is 0 Å². The van der Waals surface area contributed by atoms with Gasteiger partial charge in [-0.2, -0.15) is 0 Å². The van der Waals surface area contributed by atoms with Crippen LogP contribution < -0.4 is 5.73 Å². The first-order valence-electron chi connectivity index (χ1n) is 3.65. The van der Waals surface area contributed by atoms with Crippen LogP contribution in [0.15, 0.2) is 0 Å². The van der Waals surface area contributed by atoms with E-state index in [2.05, 4.69) is 11.9 Å². The Hall–Kier alpha value is -0.120. The lowest BCUT2D eigenvalue weighted by Crippen LogP contribution is -2.48. The van der Waals surface area contributed by atoms with E-state index in [1.807, 2.05) is 6.92 Å². The van der Waals surface area contributed by atoms with Crippen molar-refractivity contribution in [2.75, 3.05) is 33.4 Å². The number of ether oxygens (including phenoxy) is 1. The van der Waals surface area contributed by atoms with Crippen molar-refractivity contribution in [2.45, 2.75) is 12.5 Å². The maximum Gasteiger partial charge on any atom is 0.0656 e. The fraction of sp³-hybridized carbons (Fsp3) is 1.00. The van der Waals surface area contributed by atoms with E-state index in [9.17, 15) is 0 Å². The molecule has 3 nitrogen and oxygen atoms in total. The highest BCUT2D eigenvalue weighted by atomic mass is 16.5. The number of hydrogen-bond donors (Lipinski definition) is 1. The van der Waals surface area contributed by atoms with Crippen LogP contribution in [0.3, 0.4) is 0 Å². The fourth-order valence-electron chi connectivity index (χ4n) is 1.27. The van der Waals surface area contributed by atoms with Crippen molar-refractivity contribution in [1.82, 2.24) is 4.90 Å². The van der Waals surface area contributed by atoms with E-state index in [1.165, 1.54) is 0 Å². The van der Waals surface area contributed by atoms with E-state index >= 15 is 0 Å². The Morgan fingerprint density at radius 3 is 3.00 bits per heavy atom. The van der Waals surface area contributed by atoms with Crippen molar-refractivity contribution in [3.8, 4) is 0 Å². The molecular formula is C7H16N2O. The molecule has 0 radical (unpaired) electrons. The largest absolute Gasteiger partial charge is 0.378 e. The Balaban J connectivity index is 2.46. The second kappa shape index (κ2) is 2.86. The van der Waals surface area contributed by atoms with Gasteiger partial charge in [0.15, 0.2) is 0 Å². The van der Waals surface area contributed by atoms with Gasteiger partial charge in [0.2, 0.25) is 0 Å². The van der Waals surface area contributed by atoms with Crippen molar-refractivity contribution in [3.63, 3.8) is 0 Å². The number of rotatable bonds is 0. The highest BCUT2D eigenvalue weighted by Gasteiger charge is 2.23. The third-order valence-electron chi connectivity index (χ3n) is 1.68. The molecule has 3 heteroatoms. The van der Waals surface area contributed by atoms with Crippen LogP contribution in [0.1, 0.15) is 6.92 Å². The summed E-state index contributed by atoms with van der Waals surface area (Å²) in [6.07, 6.45) is 0. The average molecular weight is 144 g/mol. The van der Waals surface area contributed by atoms with E-state index in [1.54, 1.807) is 0 Å². The topological polar surface area (TPSA) is 38.5 Å². The third kappa shape index (κ3) is 2.25. The van der Waals surface area contributed by atoms with Crippen LogP contribution in [-0.4, -0.2) is 43.8 Å². The molecule has 2 N–H and O–H groups in total. The lowest BCUT2D eigenvalue weighted by molar-refractivity contribution is 0.115. The summed E-state index contributed by atoms with van der Waals surface area (Å²) in [5.74, 6) is 0. The van der Waals surface area contributed by atoms with E-state index < -0.39 is 0 Å². The van der Waals surface area contributed by atoms with Gasteiger partial charge >= 0.3 is 0 Å². The van der Waals surface area contributed by atoms with Crippen LogP contribution in [0.5, 0.6) is 0 Å². The second-order valence-corrected chi connectivity index (χ2v) is 3.44. The van der Waals surface area contributed by atoms with Crippen LogP contribution >= 0.6 is 0 Å². The molecule has 1 aliphatic rings. The van der Waals surface area contributed by atoms with E-state index in [0.29, 0.717) is 6.61 Å². The molecule has 1 fully saturated rings. The molecule has 60 valence electrons. The van der Waals surface area contributed by atoms with Gasteiger partial charge in [-0.25, -0.2) is 0 Å². The van der Waals surface area contributed by atoms with Crippen LogP contribution in [-0.2, 0) is 4.74 Å². The molecule has 1 rings (SSSR count). The highest BCUT2D eigenvalue weighted by Crippen LogP contribution is 2.05. The van der Waals surface area contributed by atoms with Crippen LogP contribution in [0, 0.1) is 0 Å². The zero-order valence-electron chi connectivity index (χ0n) is 6.76. The maximum atomic E-state index is 5.90. The molecule has 0 aromatic heterocycles. The summed E-state index contributed by atoms with van der Waals surface area (Å²) in [7, 11) is 2.07. The first kappa shape index (κ1) is 7.98. The predicted octanol–water partition coefficient (Wildman–Crippen LogP) is -0.334. The van der Waals surface area contributed by atoms with Gasteiger partial charge in [-0.15, -0.1) is 0 Å². The minimum Gasteiger partial charge on any atom is -0.378 e. The van der Waals surface area contributed by atoms with Crippen LogP contribution in [0.2, 0.25) is 0 Å². The highest BCUT2D eigenvalue weighted by molar-refractivity contribution is 4.83. The van der Waals surface area contributed by atoms with E-state index in [-0.39, 0.29) is 5.54 Å². The zero-order valence-corrected chi connectivity index (χ0v) is 6.76. The minimum atomic E-state index is -0.161. The Kier molecular flexibility index (Phi) is 2.28. The number of likely N-dealkylation sites (N-methyl/N-ethyl adjacent to an activating group) is 1. The van der Waals surface area contributed by atoms with Gasteiger partial charge in [-0.1, -0.05) is 0 Å². The second-order valence-electron chi connectivity index (χ2n) is 3.44. The van der Waals surface area contributed by atoms with Crippen molar-refractivity contribution in [1.29, 1.82) is 0 Å². The summed E-state index contributed by atoms with van der Waals surface area (Å²) in [6.45, 7) is 5.43. The number of hydrogen-bond acceptors (Lipinski definition) is 3. The normalized spacial score (nSPS) is 37.5. The van der Waals surface area contributed by atoms with Gasteiger partial charge < -0.3 is 15.4 Å². The molecule has 1 saturated heterocycles. The SMILES string of the molecule is CN1CCOC[C@@](C)(N)C1. The molecule has 0 aliphatic carbocycles. The fourth-order valence-corrected chi connectivity index (χ4v) is 1.27. The van der Waals surface area contributed by atoms with E-state index in [0.717, 1.165) is 19.7 Å². The first-order valence-corrected chi connectivity index (χ1v) is 3.65. The molecule has 1 heterocycles. The van der Waals surface area contributed by atoms with Crippen molar-refractivity contribution < 1.29 is 4.74 Å². The van der Waals surface area contributed by atoms with Crippen molar-refractivity contribution in [2.24, 2.45) is 5.73 Å². The molecule has 1 atom stereocenters. The quantitative estimate of drug-likeness (QED) is 0.506. The van der Waals surface area contributed by atoms with E-state index in [4.69, 9.17) is 10.5 Å². The van der Waals surface area contributed by atoms with Gasteiger partial charge in [0, 0.05) is 18.6 Å². The standard InChI is InChI=1S/C7H16N2O/c1-7(8)5-9(2)3-4-10-6-7/h3-6,8H2,1-2H3/t7-/m0/s1. The third-order valence-corrected chi connectivity index (χ3v) is 1.68. The van der Waals surface area contributed by atoms with Gasteiger partial charge in [-0.05, 0) is 14.0 Å². The average Bonchev–Trinajstić information content (AvgIpc) is 1.90. The Labute approximate surface area is 62.1 Å². The lowest BCUT2D eigenvalue weighted by Gasteiger charge is -2.25. The van der Waals surface area contributed by atoms with Gasteiger partial charge in [0.05, 0.1) is 13.2 Å². The van der Waals surface area contributed by atoms with Gasteiger partial charge in [-0.3, -0.25) is 0 Å². The number of nitrogens with zero attached hydrogens (tertiary/aromatic N) is 1. The van der Waals surface area contributed by atoms with Crippen LogP contribution in [0.4, 0.5) is 0 Å². The monoisotopic (exact) mass is 144 g/mol. The summed E-state index contributed by atoms with van der Waals surface area (Å²) in [6, 6.07) is 0. The molecule has 0 aromatic rings.